The van der Waals surface area contributed by atoms with Gasteiger partial charge >= 0.3 is 0 Å². The van der Waals surface area contributed by atoms with Gasteiger partial charge in [-0.05, 0) is 43.8 Å². The van der Waals surface area contributed by atoms with Crippen molar-refractivity contribution in [1.29, 1.82) is 0 Å². The molecule has 1 aromatic carbocycles. The Morgan fingerprint density at radius 2 is 1.69 bits per heavy atom. The summed E-state index contributed by atoms with van der Waals surface area (Å²) in [5.41, 5.74) is 2.73. The molecule has 0 saturated heterocycles. The number of hydrogen-bond acceptors (Lipinski definition) is 3. The predicted molar refractivity (Wildman–Crippen MR) is 66.9 cm³/mol. The number of likely N-dealkylation sites (N-methyl/N-ethyl adjacent to an activating group) is 1. The number of fused-ring (bicyclic) bond motifs is 1. The van der Waals surface area contributed by atoms with Crippen LogP contribution in [-0.2, 0) is 6.42 Å². The molecule has 2 rings (SSSR count). The van der Waals surface area contributed by atoms with Gasteiger partial charge in [0.05, 0.1) is 14.2 Å². The van der Waals surface area contributed by atoms with Crippen LogP contribution in [0.4, 0.5) is 0 Å². The lowest BCUT2D eigenvalue weighted by Crippen LogP contribution is -2.30. The first-order valence-corrected chi connectivity index (χ1v) is 5.08. The van der Waals surface area contributed by atoms with Gasteiger partial charge in [0, 0.05) is 6.04 Å². The Labute approximate surface area is 103 Å². The molecule has 1 aliphatic carbocycles. The van der Waals surface area contributed by atoms with E-state index in [4.69, 9.17) is 9.47 Å². The Hall–Kier alpha value is -0.930. The van der Waals surface area contributed by atoms with Crippen LogP contribution in [0.2, 0.25) is 0 Å². The van der Waals surface area contributed by atoms with Crippen molar-refractivity contribution < 1.29 is 9.47 Å². The summed E-state index contributed by atoms with van der Waals surface area (Å²) in [5.74, 6) is 1.65. The number of halogens is 1. The zero-order valence-electron chi connectivity index (χ0n) is 10.1. The quantitative estimate of drug-likeness (QED) is 0.813. The molecule has 3 nitrogen and oxygen atoms in total. The number of methoxy groups -OCH3 is 2. The maximum Gasteiger partial charge on any atom is 0.161 e. The Morgan fingerprint density at radius 3 is 2.19 bits per heavy atom. The van der Waals surface area contributed by atoms with Crippen molar-refractivity contribution in [2.24, 2.45) is 0 Å². The van der Waals surface area contributed by atoms with Crippen LogP contribution in [0.5, 0.6) is 11.5 Å². The third-order valence-corrected chi connectivity index (χ3v) is 3.04. The molecule has 4 heteroatoms. The summed E-state index contributed by atoms with van der Waals surface area (Å²) in [4.78, 5) is 2.23. The molecule has 1 aromatic rings. The van der Waals surface area contributed by atoms with Crippen molar-refractivity contribution >= 4 is 12.4 Å². The van der Waals surface area contributed by atoms with Gasteiger partial charge in [-0.3, -0.25) is 0 Å². The van der Waals surface area contributed by atoms with Gasteiger partial charge in [0.15, 0.2) is 11.5 Å². The maximum absolute atomic E-state index is 5.29. The molecule has 0 heterocycles. The minimum absolute atomic E-state index is 0. The number of hydrogen-bond donors (Lipinski definition) is 0. The standard InChI is InChI=1S/C12H17NO2.ClH/c1-13(2)10-5-8-6-11(14-3)12(15-4)7-9(8)10;/h6-7,10H,5H2,1-4H3;1H/t10-;/m0./s1. The van der Waals surface area contributed by atoms with Crippen molar-refractivity contribution in [3.63, 3.8) is 0 Å². The molecule has 16 heavy (non-hydrogen) atoms. The number of benzene rings is 1. The zero-order chi connectivity index (χ0) is 11.0. The summed E-state index contributed by atoms with van der Waals surface area (Å²) in [6.07, 6.45) is 1.10. The molecule has 0 amide bonds. The molecule has 1 atom stereocenters. The monoisotopic (exact) mass is 243 g/mol. The summed E-state index contributed by atoms with van der Waals surface area (Å²) in [6.45, 7) is 0. The molecule has 0 radical (unpaired) electrons. The minimum atomic E-state index is 0. The molecule has 1 aliphatic rings. The van der Waals surface area contributed by atoms with Gasteiger partial charge in [-0.1, -0.05) is 0 Å². The van der Waals surface area contributed by atoms with E-state index >= 15 is 0 Å². The Morgan fingerprint density at radius 1 is 1.12 bits per heavy atom. The fraction of sp³-hybridized carbons (Fsp3) is 0.500. The molecule has 0 fully saturated rings. The third kappa shape index (κ3) is 1.97. The molecule has 0 saturated carbocycles. The van der Waals surface area contributed by atoms with E-state index in [9.17, 15) is 0 Å². The van der Waals surface area contributed by atoms with Crippen molar-refractivity contribution in [3.05, 3.63) is 23.3 Å². The lowest BCUT2D eigenvalue weighted by Gasteiger charge is -2.36. The van der Waals surface area contributed by atoms with Crippen LogP contribution in [-0.4, -0.2) is 33.2 Å². The van der Waals surface area contributed by atoms with Gasteiger partial charge < -0.3 is 14.4 Å². The van der Waals surface area contributed by atoms with Crippen LogP contribution in [0.25, 0.3) is 0 Å². The predicted octanol–water partition coefficient (Wildman–Crippen LogP) is 2.28. The van der Waals surface area contributed by atoms with Gasteiger partial charge in [0.25, 0.3) is 0 Å². The highest BCUT2D eigenvalue weighted by molar-refractivity contribution is 5.85. The smallest absolute Gasteiger partial charge is 0.161 e. The van der Waals surface area contributed by atoms with E-state index in [0.717, 1.165) is 17.9 Å². The summed E-state index contributed by atoms with van der Waals surface area (Å²) in [5, 5.41) is 0. The van der Waals surface area contributed by atoms with Crippen LogP contribution < -0.4 is 9.47 Å². The van der Waals surface area contributed by atoms with Crippen LogP contribution in [0.1, 0.15) is 17.2 Å². The molecule has 0 aliphatic heterocycles. The van der Waals surface area contributed by atoms with E-state index in [2.05, 4.69) is 31.1 Å². The Balaban J connectivity index is 0.00000128. The van der Waals surface area contributed by atoms with Crippen molar-refractivity contribution in [3.8, 4) is 11.5 Å². The Bertz CT molecular complexity index is 380. The second-order valence-corrected chi connectivity index (χ2v) is 4.09. The zero-order valence-corrected chi connectivity index (χ0v) is 10.9. The molecule has 90 valence electrons. The average Bonchev–Trinajstić information content (AvgIpc) is 2.19. The first kappa shape index (κ1) is 13.1. The number of rotatable bonds is 3. The van der Waals surface area contributed by atoms with Crippen molar-refractivity contribution in [2.75, 3.05) is 28.3 Å². The van der Waals surface area contributed by atoms with Crippen LogP contribution in [0.3, 0.4) is 0 Å². The average molecular weight is 244 g/mol. The molecule has 0 bridgehead atoms. The normalized spacial score (nSPS) is 17.2. The summed E-state index contributed by atoms with van der Waals surface area (Å²) in [6, 6.07) is 4.69. The number of ether oxygens (including phenoxy) is 2. The van der Waals surface area contributed by atoms with E-state index in [1.807, 2.05) is 0 Å². The second kappa shape index (κ2) is 4.93. The van der Waals surface area contributed by atoms with Gasteiger partial charge in [-0.25, -0.2) is 0 Å². The minimum Gasteiger partial charge on any atom is -0.493 e. The maximum atomic E-state index is 5.29. The first-order valence-electron chi connectivity index (χ1n) is 5.08. The second-order valence-electron chi connectivity index (χ2n) is 4.09. The van der Waals surface area contributed by atoms with Gasteiger partial charge in [0.1, 0.15) is 0 Å². The van der Waals surface area contributed by atoms with Crippen LogP contribution >= 0.6 is 12.4 Å². The SMILES string of the molecule is COc1cc2c(cc1OC)[C@@H](N(C)C)C2.Cl. The molecule has 0 spiro atoms. The van der Waals surface area contributed by atoms with Crippen molar-refractivity contribution in [2.45, 2.75) is 12.5 Å². The Kier molecular flexibility index (Phi) is 4.05. The summed E-state index contributed by atoms with van der Waals surface area (Å²) >= 11 is 0. The highest BCUT2D eigenvalue weighted by atomic mass is 35.5. The van der Waals surface area contributed by atoms with E-state index in [1.54, 1.807) is 14.2 Å². The third-order valence-electron chi connectivity index (χ3n) is 3.04. The van der Waals surface area contributed by atoms with Crippen LogP contribution in [0, 0.1) is 0 Å². The van der Waals surface area contributed by atoms with Gasteiger partial charge in [-0.15, -0.1) is 12.4 Å². The van der Waals surface area contributed by atoms with E-state index in [-0.39, 0.29) is 12.4 Å². The van der Waals surface area contributed by atoms with Crippen molar-refractivity contribution in [1.82, 2.24) is 4.90 Å². The summed E-state index contributed by atoms with van der Waals surface area (Å²) < 4.78 is 10.6. The fourth-order valence-electron chi connectivity index (χ4n) is 2.07. The summed E-state index contributed by atoms with van der Waals surface area (Å²) in [7, 11) is 7.55. The van der Waals surface area contributed by atoms with Gasteiger partial charge in [0.2, 0.25) is 0 Å². The molecular formula is C12H18ClNO2. The lowest BCUT2D eigenvalue weighted by atomic mass is 9.82. The van der Waals surface area contributed by atoms with Crippen LogP contribution in [0.15, 0.2) is 12.1 Å². The molecular weight excluding hydrogens is 226 g/mol. The molecule has 0 unspecified atom stereocenters. The lowest BCUT2D eigenvalue weighted by molar-refractivity contribution is 0.266. The highest BCUT2D eigenvalue weighted by Gasteiger charge is 2.29. The molecule has 0 N–H and O–H groups in total. The van der Waals surface area contributed by atoms with Gasteiger partial charge in [-0.2, -0.15) is 0 Å². The van der Waals surface area contributed by atoms with E-state index in [1.165, 1.54) is 11.1 Å². The van der Waals surface area contributed by atoms with E-state index < -0.39 is 0 Å². The molecule has 0 aromatic heterocycles. The van der Waals surface area contributed by atoms with E-state index in [0.29, 0.717) is 6.04 Å². The topological polar surface area (TPSA) is 21.7 Å². The largest absolute Gasteiger partial charge is 0.493 e. The highest BCUT2D eigenvalue weighted by Crippen LogP contribution is 2.42. The number of nitrogens with zero attached hydrogens (tertiary/aromatic N) is 1. The first-order chi connectivity index (χ1) is 7.17. The fourth-order valence-corrected chi connectivity index (χ4v) is 2.07.